The zero-order valence-electron chi connectivity index (χ0n) is 11.1. The molecule has 0 unspecified atom stereocenters. The fourth-order valence-corrected chi connectivity index (χ4v) is 3.06. The maximum atomic E-state index is 12.4. The van der Waals surface area contributed by atoms with Gasteiger partial charge in [0, 0.05) is 15.5 Å². The van der Waals surface area contributed by atoms with Crippen LogP contribution in [-0.4, -0.2) is 17.4 Å². The Morgan fingerprint density at radius 1 is 1.24 bits per heavy atom. The molecule has 0 fully saturated rings. The molecule has 7 heteroatoms. The molecule has 0 aliphatic carbocycles. The van der Waals surface area contributed by atoms with Gasteiger partial charge in [0.05, 0.1) is 10.7 Å². The van der Waals surface area contributed by atoms with E-state index in [2.05, 4.69) is 47.5 Å². The van der Waals surface area contributed by atoms with Crippen molar-refractivity contribution in [1.29, 1.82) is 0 Å². The van der Waals surface area contributed by atoms with E-state index in [1.165, 1.54) is 0 Å². The van der Waals surface area contributed by atoms with Crippen molar-refractivity contribution in [3.8, 4) is 0 Å². The number of nitrogens with zero attached hydrogens (tertiary/aromatic N) is 1. The smallest absolute Gasteiger partial charge is 0.275 e. The number of aromatic nitrogens is 1. The summed E-state index contributed by atoms with van der Waals surface area (Å²) in [6.45, 7) is 2.67. The highest BCUT2D eigenvalue weighted by Crippen LogP contribution is 2.31. The Balaban J connectivity index is 2.30. The van der Waals surface area contributed by atoms with E-state index in [1.54, 1.807) is 12.1 Å². The number of halogens is 3. The second-order valence-corrected chi connectivity index (χ2v) is 6.22. The van der Waals surface area contributed by atoms with E-state index in [-0.39, 0.29) is 11.6 Å². The predicted molar refractivity (Wildman–Crippen MR) is 93.2 cm³/mol. The molecule has 2 rings (SSSR count). The Kier molecular flexibility index (Phi) is 5.61. The number of benzene rings is 1. The maximum Gasteiger partial charge on any atom is 0.275 e. The van der Waals surface area contributed by atoms with E-state index in [4.69, 9.17) is 11.6 Å². The van der Waals surface area contributed by atoms with E-state index in [0.29, 0.717) is 23.1 Å². The number of carbonyl (C=O) groups is 1. The van der Waals surface area contributed by atoms with Crippen molar-refractivity contribution in [2.24, 2.45) is 0 Å². The zero-order chi connectivity index (χ0) is 15.4. The van der Waals surface area contributed by atoms with Gasteiger partial charge in [-0.1, -0.05) is 17.7 Å². The van der Waals surface area contributed by atoms with Gasteiger partial charge in [0.25, 0.3) is 5.91 Å². The van der Waals surface area contributed by atoms with Gasteiger partial charge in [-0.3, -0.25) is 4.79 Å². The molecular weight excluding hydrogens is 421 g/mol. The second-order valence-electron chi connectivity index (χ2n) is 4.11. The number of hydrogen-bond donors (Lipinski definition) is 2. The van der Waals surface area contributed by atoms with Gasteiger partial charge in [0.2, 0.25) is 0 Å². The lowest BCUT2D eigenvalue weighted by atomic mass is 10.3. The number of hydrogen-bond acceptors (Lipinski definition) is 3. The molecule has 0 saturated carbocycles. The molecule has 1 aromatic carbocycles. The highest BCUT2D eigenvalue weighted by Gasteiger charge is 2.16. The largest absolute Gasteiger partial charge is 0.370 e. The molecule has 0 radical (unpaired) electrons. The van der Waals surface area contributed by atoms with E-state index in [0.717, 1.165) is 8.95 Å². The average molecular weight is 434 g/mol. The summed E-state index contributed by atoms with van der Waals surface area (Å²) in [5.74, 6) is 0.241. The Hall–Kier alpha value is -1.11. The van der Waals surface area contributed by atoms with E-state index < -0.39 is 0 Å². The quantitative estimate of drug-likeness (QED) is 0.718. The van der Waals surface area contributed by atoms with E-state index in [9.17, 15) is 4.79 Å². The van der Waals surface area contributed by atoms with Crippen LogP contribution in [0.1, 0.15) is 17.4 Å². The van der Waals surface area contributed by atoms with Gasteiger partial charge in [0.15, 0.2) is 0 Å². The molecule has 0 saturated heterocycles. The first kappa shape index (κ1) is 16.3. The fraction of sp³-hybridized carbons (Fsp3) is 0.143. The van der Waals surface area contributed by atoms with Gasteiger partial charge in [-0.15, -0.1) is 0 Å². The number of anilines is 2. The first-order valence-electron chi connectivity index (χ1n) is 6.18. The molecule has 0 spiro atoms. The van der Waals surface area contributed by atoms with Gasteiger partial charge in [-0.25, -0.2) is 4.98 Å². The van der Waals surface area contributed by atoms with E-state index in [1.807, 2.05) is 25.1 Å². The van der Waals surface area contributed by atoms with Gasteiger partial charge < -0.3 is 10.6 Å². The van der Waals surface area contributed by atoms with Gasteiger partial charge in [-0.2, -0.15) is 0 Å². The summed E-state index contributed by atoms with van der Waals surface area (Å²) >= 11 is 12.9. The molecule has 1 heterocycles. The molecule has 0 atom stereocenters. The monoisotopic (exact) mass is 431 g/mol. The molecule has 2 aromatic rings. The summed E-state index contributed by atoms with van der Waals surface area (Å²) < 4.78 is 1.54. The molecule has 0 bridgehead atoms. The van der Waals surface area contributed by atoms with Crippen LogP contribution in [0.15, 0.2) is 39.3 Å². The van der Waals surface area contributed by atoms with Crippen molar-refractivity contribution in [1.82, 2.24) is 4.98 Å². The minimum atomic E-state index is -0.368. The lowest BCUT2D eigenvalue weighted by molar-refractivity contribution is 0.102. The van der Waals surface area contributed by atoms with Crippen molar-refractivity contribution < 1.29 is 4.79 Å². The minimum absolute atomic E-state index is 0.178. The molecule has 1 amide bonds. The topological polar surface area (TPSA) is 54.0 Å². The average Bonchev–Trinajstić information content (AvgIpc) is 2.45. The number of nitrogens with one attached hydrogen (secondary N) is 2. The molecule has 110 valence electrons. The van der Waals surface area contributed by atoms with Crippen LogP contribution in [0.4, 0.5) is 11.5 Å². The van der Waals surface area contributed by atoms with Crippen LogP contribution in [0.3, 0.4) is 0 Å². The summed E-state index contributed by atoms with van der Waals surface area (Å²) in [5, 5.41) is 6.15. The first-order chi connectivity index (χ1) is 10.0. The molecule has 2 N–H and O–H groups in total. The summed E-state index contributed by atoms with van der Waals surface area (Å²) in [7, 11) is 0. The van der Waals surface area contributed by atoms with Crippen molar-refractivity contribution in [2.75, 3.05) is 17.2 Å². The molecule has 0 aliphatic heterocycles. The van der Waals surface area contributed by atoms with Crippen LogP contribution < -0.4 is 10.6 Å². The molecule has 0 aliphatic rings. The van der Waals surface area contributed by atoms with Gasteiger partial charge in [0.1, 0.15) is 11.5 Å². The summed E-state index contributed by atoms with van der Waals surface area (Å²) in [6, 6.07) is 8.92. The summed E-state index contributed by atoms with van der Waals surface area (Å²) in [6.07, 6.45) is 0. The van der Waals surface area contributed by atoms with Crippen molar-refractivity contribution in [3.05, 3.63) is 50.0 Å². The number of amides is 1. The zero-order valence-corrected chi connectivity index (χ0v) is 15.0. The number of rotatable bonds is 4. The van der Waals surface area contributed by atoms with Crippen LogP contribution in [0.5, 0.6) is 0 Å². The highest BCUT2D eigenvalue weighted by molar-refractivity contribution is 9.11. The lowest BCUT2D eigenvalue weighted by Crippen LogP contribution is -2.16. The third-order valence-corrected chi connectivity index (χ3v) is 4.25. The molecule has 21 heavy (non-hydrogen) atoms. The Labute approximate surface area is 144 Å². The maximum absolute atomic E-state index is 12.4. The minimum Gasteiger partial charge on any atom is -0.370 e. The van der Waals surface area contributed by atoms with Crippen LogP contribution >= 0.6 is 43.5 Å². The lowest BCUT2D eigenvalue weighted by Gasteiger charge is -2.11. The molecular formula is C14H12Br2ClN3O. The van der Waals surface area contributed by atoms with Crippen LogP contribution in [0, 0.1) is 0 Å². The van der Waals surface area contributed by atoms with Crippen molar-refractivity contribution in [2.45, 2.75) is 6.92 Å². The van der Waals surface area contributed by atoms with E-state index >= 15 is 0 Å². The predicted octanol–water partition coefficient (Wildman–Crippen LogP) is 4.94. The third kappa shape index (κ3) is 3.96. The summed E-state index contributed by atoms with van der Waals surface area (Å²) in [5.41, 5.74) is 0.812. The second kappa shape index (κ2) is 7.24. The number of para-hydroxylation sites is 1. The number of carbonyl (C=O) groups excluding carboxylic acids is 1. The normalized spacial score (nSPS) is 10.3. The molecule has 4 nitrogen and oxygen atoms in total. The number of pyridine rings is 1. The highest BCUT2D eigenvalue weighted by atomic mass is 79.9. The van der Waals surface area contributed by atoms with Crippen LogP contribution in [0.25, 0.3) is 0 Å². The Morgan fingerprint density at radius 2 is 1.90 bits per heavy atom. The Bertz CT molecular complexity index is 659. The third-order valence-electron chi connectivity index (χ3n) is 2.62. The summed E-state index contributed by atoms with van der Waals surface area (Å²) in [4.78, 5) is 16.6. The van der Waals surface area contributed by atoms with Crippen molar-refractivity contribution >= 4 is 60.9 Å². The molecule has 1 aromatic heterocycles. The first-order valence-corrected chi connectivity index (χ1v) is 8.15. The van der Waals surface area contributed by atoms with Crippen molar-refractivity contribution in [3.63, 3.8) is 0 Å². The van der Waals surface area contributed by atoms with Crippen LogP contribution in [0.2, 0.25) is 5.02 Å². The van der Waals surface area contributed by atoms with Crippen LogP contribution in [-0.2, 0) is 0 Å². The van der Waals surface area contributed by atoms with Gasteiger partial charge in [-0.05, 0) is 63.0 Å². The van der Waals surface area contributed by atoms with Gasteiger partial charge >= 0.3 is 0 Å². The Morgan fingerprint density at radius 3 is 2.52 bits per heavy atom. The fourth-order valence-electron chi connectivity index (χ4n) is 1.67. The SMILES string of the molecule is CCNc1ccc(Cl)c(C(=O)Nc2c(Br)cccc2Br)n1. The standard InChI is InChI=1S/C14H12Br2ClN3O/c1-2-18-11-7-6-10(17)13(19-11)14(21)20-12-8(15)4-3-5-9(12)16/h3-7H,2H2,1H3,(H,18,19)(H,20,21).